The molecular formula is C14H17Si. The predicted octanol–water partition coefficient (Wildman–Crippen LogP) is 2.98. The van der Waals surface area contributed by atoms with Gasteiger partial charge in [0.15, 0.2) is 0 Å². The van der Waals surface area contributed by atoms with E-state index < -0.39 is 0 Å². The Morgan fingerprint density at radius 3 is 2.53 bits per heavy atom. The van der Waals surface area contributed by atoms with Crippen LogP contribution in [0.3, 0.4) is 0 Å². The molecule has 0 bridgehead atoms. The Morgan fingerprint density at radius 2 is 1.73 bits per heavy atom. The van der Waals surface area contributed by atoms with Gasteiger partial charge in [0, 0.05) is 0 Å². The quantitative estimate of drug-likeness (QED) is 0.688. The first-order valence-electron chi connectivity index (χ1n) is 5.58. The van der Waals surface area contributed by atoms with Gasteiger partial charge in [-0.15, -0.1) is 0 Å². The first kappa shape index (κ1) is 10.4. The van der Waals surface area contributed by atoms with Gasteiger partial charge in [-0.1, -0.05) is 67.5 Å². The van der Waals surface area contributed by atoms with E-state index in [9.17, 15) is 0 Å². The second kappa shape index (κ2) is 4.62. The molecule has 0 saturated heterocycles. The van der Waals surface area contributed by atoms with Crippen molar-refractivity contribution < 1.29 is 0 Å². The van der Waals surface area contributed by atoms with Crippen LogP contribution in [0.5, 0.6) is 0 Å². The van der Waals surface area contributed by atoms with Crippen molar-refractivity contribution in [3.8, 4) is 0 Å². The summed E-state index contributed by atoms with van der Waals surface area (Å²) < 4.78 is 0. The summed E-state index contributed by atoms with van der Waals surface area (Å²) >= 11 is 0. The van der Waals surface area contributed by atoms with Crippen molar-refractivity contribution in [2.75, 3.05) is 0 Å². The highest BCUT2D eigenvalue weighted by molar-refractivity contribution is 6.57. The van der Waals surface area contributed by atoms with E-state index in [4.69, 9.17) is 0 Å². The van der Waals surface area contributed by atoms with Gasteiger partial charge in [-0.05, 0) is 16.7 Å². The van der Waals surface area contributed by atoms with Gasteiger partial charge in [0.05, 0.1) is 9.52 Å². The fraction of sp³-hybridized carbons (Fsp3) is 0.286. The number of hydrogen-bond acceptors (Lipinski definition) is 0. The lowest BCUT2D eigenvalue weighted by atomic mass is 10.1. The first-order chi connectivity index (χ1) is 7.27. The molecule has 0 saturated carbocycles. The largest absolute Gasteiger partial charge is 0.0678 e. The molecule has 0 spiro atoms. The highest BCUT2D eigenvalue weighted by atomic mass is 28.2. The molecule has 1 heteroatoms. The van der Waals surface area contributed by atoms with Crippen molar-refractivity contribution in [1.82, 2.24) is 0 Å². The molecule has 0 aliphatic carbocycles. The zero-order valence-corrected chi connectivity index (χ0v) is 10.6. The first-order valence-corrected chi connectivity index (χ1v) is 6.98. The Morgan fingerprint density at radius 1 is 1.00 bits per heavy atom. The summed E-state index contributed by atoms with van der Waals surface area (Å²) in [5, 5.41) is 4.41. The molecular weight excluding hydrogens is 196 g/mol. The fourth-order valence-corrected chi connectivity index (χ4v) is 3.25. The summed E-state index contributed by atoms with van der Waals surface area (Å²) in [5.41, 5.74) is 0. The van der Waals surface area contributed by atoms with E-state index in [2.05, 4.69) is 56.3 Å². The van der Waals surface area contributed by atoms with Gasteiger partial charge in [0.25, 0.3) is 0 Å². The van der Waals surface area contributed by atoms with Gasteiger partial charge in [0.2, 0.25) is 0 Å². The molecule has 0 fully saturated rings. The van der Waals surface area contributed by atoms with Gasteiger partial charge < -0.3 is 0 Å². The zero-order chi connectivity index (χ0) is 10.7. The van der Waals surface area contributed by atoms with Gasteiger partial charge >= 0.3 is 0 Å². The predicted molar refractivity (Wildman–Crippen MR) is 70.4 cm³/mol. The Balaban J connectivity index is 2.34. The van der Waals surface area contributed by atoms with E-state index >= 15 is 0 Å². The van der Waals surface area contributed by atoms with Crippen LogP contribution in [-0.4, -0.2) is 9.52 Å². The standard InChI is InChI=1S/C14H17Si/c1-11(2)10-15-14-9-5-7-12-6-3-4-8-13(12)14/h3-9,11,15H,10H2,1-2H3. The Hall–Kier alpha value is -1.08. The van der Waals surface area contributed by atoms with E-state index in [0.29, 0.717) is 9.52 Å². The van der Waals surface area contributed by atoms with Crippen LogP contribution in [0, 0.1) is 5.92 Å². The molecule has 0 N–H and O–H groups in total. The molecule has 1 radical (unpaired) electrons. The van der Waals surface area contributed by atoms with Gasteiger partial charge in [-0.3, -0.25) is 0 Å². The lowest BCUT2D eigenvalue weighted by Gasteiger charge is -2.07. The molecule has 77 valence electrons. The minimum absolute atomic E-state index is 0.429. The van der Waals surface area contributed by atoms with Crippen molar-refractivity contribution in [3.63, 3.8) is 0 Å². The number of benzene rings is 2. The Bertz CT molecular complexity index is 441. The average molecular weight is 213 g/mol. The second-order valence-corrected chi connectivity index (χ2v) is 5.90. The topological polar surface area (TPSA) is 0 Å². The Labute approximate surface area is 94.1 Å². The van der Waals surface area contributed by atoms with E-state index in [1.165, 1.54) is 16.8 Å². The third-order valence-corrected chi connectivity index (χ3v) is 4.75. The molecule has 0 atom stereocenters. The van der Waals surface area contributed by atoms with Crippen LogP contribution in [0.4, 0.5) is 0 Å². The minimum Gasteiger partial charge on any atom is -0.0630 e. The van der Waals surface area contributed by atoms with Gasteiger partial charge in [-0.2, -0.15) is 0 Å². The summed E-state index contributed by atoms with van der Waals surface area (Å²) in [6, 6.07) is 16.7. The van der Waals surface area contributed by atoms with Crippen LogP contribution in [0.25, 0.3) is 10.8 Å². The molecule has 0 aliphatic rings. The summed E-state index contributed by atoms with van der Waals surface area (Å²) in [6.45, 7) is 4.61. The maximum atomic E-state index is 2.30. The summed E-state index contributed by atoms with van der Waals surface area (Å²) in [4.78, 5) is 0. The third kappa shape index (κ3) is 2.48. The van der Waals surface area contributed by atoms with E-state index in [0.717, 1.165) is 5.92 Å². The van der Waals surface area contributed by atoms with Crippen LogP contribution in [-0.2, 0) is 0 Å². The minimum atomic E-state index is 0.429. The molecule has 0 aliphatic heterocycles. The van der Waals surface area contributed by atoms with Crippen LogP contribution in [0.1, 0.15) is 13.8 Å². The van der Waals surface area contributed by atoms with E-state index in [1.54, 1.807) is 5.19 Å². The van der Waals surface area contributed by atoms with Crippen molar-refractivity contribution in [2.45, 2.75) is 19.9 Å². The average Bonchev–Trinajstić information content (AvgIpc) is 2.26. The van der Waals surface area contributed by atoms with Crippen LogP contribution < -0.4 is 5.19 Å². The highest BCUT2D eigenvalue weighted by Gasteiger charge is 2.02. The normalized spacial score (nSPS) is 11.1. The monoisotopic (exact) mass is 213 g/mol. The molecule has 0 unspecified atom stereocenters. The van der Waals surface area contributed by atoms with Crippen molar-refractivity contribution in [3.05, 3.63) is 42.5 Å². The second-order valence-electron chi connectivity index (χ2n) is 4.40. The fourth-order valence-electron chi connectivity index (χ4n) is 1.79. The third-order valence-electron chi connectivity index (χ3n) is 2.63. The molecule has 2 rings (SSSR count). The smallest absolute Gasteiger partial charge is 0.0630 e. The molecule has 2 aromatic rings. The SMILES string of the molecule is CC(C)C[SiH]c1cccc2ccccc12. The highest BCUT2D eigenvalue weighted by Crippen LogP contribution is 2.11. The molecule has 0 nitrogen and oxygen atoms in total. The van der Waals surface area contributed by atoms with E-state index in [-0.39, 0.29) is 0 Å². The zero-order valence-electron chi connectivity index (χ0n) is 9.40. The number of rotatable bonds is 3. The van der Waals surface area contributed by atoms with Crippen LogP contribution >= 0.6 is 0 Å². The maximum Gasteiger partial charge on any atom is 0.0678 e. The van der Waals surface area contributed by atoms with Crippen molar-refractivity contribution in [2.24, 2.45) is 5.92 Å². The lowest BCUT2D eigenvalue weighted by Crippen LogP contribution is -2.16. The summed E-state index contributed by atoms with van der Waals surface area (Å²) in [6.07, 6.45) is 0. The molecule has 0 amide bonds. The molecule has 0 heterocycles. The van der Waals surface area contributed by atoms with Crippen LogP contribution in [0.15, 0.2) is 42.5 Å². The number of hydrogen-bond donors (Lipinski definition) is 0. The Kier molecular flexibility index (Phi) is 3.22. The van der Waals surface area contributed by atoms with Crippen LogP contribution in [0.2, 0.25) is 6.04 Å². The van der Waals surface area contributed by atoms with Gasteiger partial charge in [-0.25, -0.2) is 0 Å². The van der Waals surface area contributed by atoms with Crippen molar-refractivity contribution in [1.29, 1.82) is 0 Å². The molecule has 2 aromatic carbocycles. The lowest BCUT2D eigenvalue weighted by molar-refractivity contribution is 0.733. The van der Waals surface area contributed by atoms with E-state index in [1.807, 2.05) is 0 Å². The maximum absolute atomic E-state index is 2.30. The van der Waals surface area contributed by atoms with Gasteiger partial charge in [0.1, 0.15) is 0 Å². The van der Waals surface area contributed by atoms with Crippen molar-refractivity contribution >= 4 is 25.5 Å². The number of fused-ring (bicyclic) bond motifs is 1. The molecule has 15 heavy (non-hydrogen) atoms. The summed E-state index contributed by atoms with van der Waals surface area (Å²) in [7, 11) is 0.429. The molecule has 0 aromatic heterocycles. The summed E-state index contributed by atoms with van der Waals surface area (Å²) in [5.74, 6) is 0.818.